The summed E-state index contributed by atoms with van der Waals surface area (Å²) in [6.07, 6.45) is 8.00. The van der Waals surface area contributed by atoms with E-state index in [4.69, 9.17) is 5.73 Å². The third-order valence-electron chi connectivity index (χ3n) is 3.92. The highest BCUT2D eigenvalue weighted by Gasteiger charge is 2.45. The first-order valence-electron chi connectivity index (χ1n) is 5.31. The molecule has 0 atom stereocenters. The lowest BCUT2D eigenvalue weighted by Crippen LogP contribution is -2.46. The molecule has 70 valence electrons. The Labute approximate surface area is 75.7 Å². The van der Waals surface area contributed by atoms with Gasteiger partial charge in [0.25, 0.3) is 0 Å². The maximum absolute atomic E-state index is 6.39. The van der Waals surface area contributed by atoms with Gasteiger partial charge in [0.05, 0.1) is 0 Å². The molecule has 0 amide bonds. The average molecular weight is 167 g/mol. The monoisotopic (exact) mass is 167 g/mol. The minimum Gasteiger partial charge on any atom is -0.325 e. The van der Waals surface area contributed by atoms with Crippen molar-refractivity contribution in [3.8, 4) is 0 Å². The van der Waals surface area contributed by atoms with Crippen LogP contribution in [0.1, 0.15) is 52.4 Å². The van der Waals surface area contributed by atoms with Gasteiger partial charge in [0.1, 0.15) is 0 Å². The van der Waals surface area contributed by atoms with Gasteiger partial charge in [0, 0.05) is 5.54 Å². The van der Waals surface area contributed by atoms with Crippen molar-refractivity contribution in [1.29, 1.82) is 0 Å². The largest absolute Gasteiger partial charge is 0.325 e. The lowest BCUT2D eigenvalue weighted by molar-refractivity contribution is 0.149. The van der Waals surface area contributed by atoms with Crippen molar-refractivity contribution >= 4 is 0 Å². The van der Waals surface area contributed by atoms with Crippen LogP contribution in [-0.4, -0.2) is 5.54 Å². The second-order valence-corrected chi connectivity index (χ2v) is 5.67. The average Bonchev–Trinajstić information content (AvgIpc) is 2.78. The lowest BCUT2D eigenvalue weighted by Gasteiger charge is -2.41. The van der Waals surface area contributed by atoms with E-state index in [0.29, 0.717) is 5.41 Å². The summed E-state index contributed by atoms with van der Waals surface area (Å²) in [4.78, 5) is 0. The van der Waals surface area contributed by atoms with E-state index in [1.54, 1.807) is 0 Å². The molecule has 0 spiro atoms. The van der Waals surface area contributed by atoms with E-state index in [1.807, 2.05) is 0 Å². The molecule has 0 aromatic rings. The summed E-state index contributed by atoms with van der Waals surface area (Å²) in [5, 5.41) is 0. The summed E-state index contributed by atoms with van der Waals surface area (Å²) < 4.78 is 0. The zero-order chi connectivity index (χ0) is 8.82. The van der Waals surface area contributed by atoms with Crippen LogP contribution in [0.15, 0.2) is 0 Å². The SMILES string of the molecule is CC1(C)CCC(N)(C2CC2)CC1. The number of rotatable bonds is 1. The highest BCUT2D eigenvalue weighted by molar-refractivity contribution is 5.02. The van der Waals surface area contributed by atoms with Gasteiger partial charge >= 0.3 is 0 Å². The minimum absolute atomic E-state index is 0.246. The molecule has 0 bridgehead atoms. The predicted molar refractivity (Wildman–Crippen MR) is 51.9 cm³/mol. The molecule has 12 heavy (non-hydrogen) atoms. The Hall–Kier alpha value is -0.0400. The summed E-state index contributed by atoms with van der Waals surface area (Å²) in [5.74, 6) is 0.883. The fourth-order valence-corrected chi connectivity index (χ4v) is 2.46. The summed E-state index contributed by atoms with van der Waals surface area (Å²) in [6, 6.07) is 0. The Bertz CT molecular complexity index is 169. The minimum atomic E-state index is 0.246. The summed E-state index contributed by atoms with van der Waals surface area (Å²) >= 11 is 0. The van der Waals surface area contributed by atoms with Crippen molar-refractivity contribution in [1.82, 2.24) is 0 Å². The lowest BCUT2D eigenvalue weighted by atomic mass is 9.68. The molecule has 0 heterocycles. The van der Waals surface area contributed by atoms with Crippen LogP contribution in [0.2, 0.25) is 0 Å². The summed E-state index contributed by atoms with van der Waals surface area (Å²) in [6.45, 7) is 4.75. The Morgan fingerprint density at radius 2 is 1.50 bits per heavy atom. The normalized spacial score (nSPS) is 33.2. The van der Waals surface area contributed by atoms with Crippen LogP contribution in [0.5, 0.6) is 0 Å². The predicted octanol–water partition coefficient (Wildman–Crippen LogP) is 2.69. The zero-order valence-corrected chi connectivity index (χ0v) is 8.40. The second kappa shape index (κ2) is 2.47. The molecule has 2 fully saturated rings. The second-order valence-electron chi connectivity index (χ2n) is 5.67. The zero-order valence-electron chi connectivity index (χ0n) is 8.40. The molecule has 0 saturated heterocycles. The van der Waals surface area contributed by atoms with Gasteiger partial charge in [-0.15, -0.1) is 0 Å². The molecule has 2 aliphatic carbocycles. The maximum atomic E-state index is 6.39. The molecule has 2 N–H and O–H groups in total. The Morgan fingerprint density at radius 1 is 1.00 bits per heavy atom. The van der Waals surface area contributed by atoms with Crippen molar-refractivity contribution in [2.75, 3.05) is 0 Å². The molecular weight excluding hydrogens is 146 g/mol. The quantitative estimate of drug-likeness (QED) is 0.638. The number of hydrogen-bond donors (Lipinski definition) is 1. The first-order valence-corrected chi connectivity index (χ1v) is 5.31. The van der Waals surface area contributed by atoms with Gasteiger partial charge in [-0.1, -0.05) is 13.8 Å². The molecule has 1 heteroatoms. The van der Waals surface area contributed by atoms with Crippen LogP contribution in [0.3, 0.4) is 0 Å². The van der Waals surface area contributed by atoms with Crippen molar-refractivity contribution < 1.29 is 0 Å². The first-order chi connectivity index (χ1) is 5.52. The Kier molecular flexibility index (Phi) is 1.76. The van der Waals surface area contributed by atoms with E-state index < -0.39 is 0 Å². The van der Waals surface area contributed by atoms with Gasteiger partial charge in [-0.2, -0.15) is 0 Å². The molecular formula is C11H21N. The molecule has 1 nitrogen and oxygen atoms in total. The third-order valence-corrected chi connectivity index (χ3v) is 3.92. The molecule has 0 aromatic carbocycles. The smallest absolute Gasteiger partial charge is 0.0183 e. The maximum Gasteiger partial charge on any atom is 0.0183 e. The van der Waals surface area contributed by atoms with Gasteiger partial charge < -0.3 is 5.73 Å². The molecule has 0 aliphatic heterocycles. The van der Waals surface area contributed by atoms with Crippen LogP contribution in [0.4, 0.5) is 0 Å². The van der Waals surface area contributed by atoms with E-state index in [0.717, 1.165) is 5.92 Å². The number of nitrogens with two attached hydrogens (primary N) is 1. The standard InChI is InChI=1S/C11H21N/c1-10(2)5-7-11(12,8-6-10)9-3-4-9/h9H,3-8,12H2,1-2H3. The molecule has 0 radical (unpaired) electrons. The van der Waals surface area contributed by atoms with Crippen LogP contribution < -0.4 is 5.73 Å². The van der Waals surface area contributed by atoms with Crippen LogP contribution in [0.25, 0.3) is 0 Å². The highest BCUT2D eigenvalue weighted by Crippen LogP contribution is 2.49. The van der Waals surface area contributed by atoms with E-state index in [-0.39, 0.29) is 5.54 Å². The van der Waals surface area contributed by atoms with E-state index in [2.05, 4.69) is 13.8 Å². The van der Waals surface area contributed by atoms with Crippen LogP contribution >= 0.6 is 0 Å². The van der Waals surface area contributed by atoms with Crippen molar-refractivity contribution in [2.24, 2.45) is 17.1 Å². The van der Waals surface area contributed by atoms with Crippen molar-refractivity contribution in [2.45, 2.75) is 57.9 Å². The van der Waals surface area contributed by atoms with Gasteiger partial charge in [0.15, 0.2) is 0 Å². The fraction of sp³-hybridized carbons (Fsp3) is 1.00. The summed E-state index contributed by atoms with van der Waals surface area (Å²) in [5.41, 5.74) is 7.20. The molecule has 0 aromatic heterocycles. The third kappa shape index (κ3) is 1.52. The fourth-order valence-electron chi connectivity index (χ4n) is 2.46. The first kappa shape index (κ1) is 8.55. The molecule has 2 saturated carbocycles. The topological polar surface area (TPSA) is 26.0 Å². The molecule has 2 aliphatic rings. The van der Waals surface area contributed by atoms with Gasteiger partial charge in [-0.25, -0.2) is 0 Å². The number of hydrogen-bond acceptors (Lipinski definition) is 1. The van der Waals surface area contributed by atoms with Crippen molar-refractivity contribution in [3.63, 3.8) is 0 Å². The van der Waals surface area contributed by atoms with Gasteiger partial charge in [0.2, 0.25) is 0 Å². The van der Waals surface area contributed by atoms with E-state index >= 15 is 0 Å². The van der Waals surface area contributed by atoms with Crippen LogP contribution in [0, 0.1) is 11.3 Å². The Balaban J connectivity index is 1.96. The van der Waals surface area contributed by atoms with Crippen molar-refractivity contribution in [3.05, 3.63) is 0 Å². The molecule has 2 rings (SSSR count). The van der Waals surface area contributed by atoms with E-state index in [1.165, 1.54) is 38.5 Å². The summed E-state index contributed by atoms with van der Waals surface area (Å²) in [7, 11) is 0. The van der Waals surface area contributed by atoms with E-state index in [9.17, 15) is 0 Å². The molecule has 0 unspecified atom stereocenters. The van der Waals surface area contributed by atoms with Gasteiger partial charge in [-0.3, -0.25) is 0 Å². The van der Waals surface area contributed by atoms with Crippen LogP contribution in [-0.2, 0) is 0 Å². The van der Waals surface area contributed by atoms with Gasteiger partial charge in [-0.05, 0) is 49.9 Å². The highest BCUT2D eigenvalue weighted by atomic mass is 14.8. The Morgan fingerprint density at radius 3 is 1.92 bits per heavy atom.